The molecule has 2 rings (SSSR count). The fourth-order valence-corrected chi connectivity index (χ4v) is 3.45. The van der Waals surface area contributed by atoms with Crippen molar-refractivity contribution in [1.82, 2.24) is 10.0 Å². The molecule has 0 saturated carbocycles. The van der Waals surface area contributed by atoms with Gasteiger partial charge in [-0.3, -0.25) is 10.1 Å². The molecule has 116 valence electrons. The minimum absolute atomic E-state index is 0.0829. The number of hydrogen-bond donors (Lipinski definition) is 2. The standard InChI is InChI=1S/C12H17N3O5S/c1-9-11(15(16)17)3-2-4-12(9)21(18,19)14-8-10-7-13-5-6-20-10/h2-4,10,13-14H,5-8H2,1H3. The first-order valence-corrected chi connectivity index (χ1v) is 7.96. The second-order valence-corrected chi connectivity index (χ2v) is 6.44. The lowest BCUT2D eigenvalue weighted by molar-refractivity contribution is -0.385. The van der Waals surface area contributed by atoms with E-state index in [0.717, 1.165) is 6.54 Å². The van der Waals surface area contributed by atoms with Gasteiger partial charge in [0.1, 0.15) is 0 Å². The first-order chi connectivity index (χ1) is 9.92. The maximum atomic E-state index is 12.3. The molecule has 1 atom stereocenters. The molecule has 1 aromatic carbocycles. The average Bonchev–Trinajstić information content (AvgIpc) is 2.46. The van der Waals surface area contributed by atoms with Crippen LogP contribution in [0.5, 0.6) is 0 Å². The number of morpholine rings is 1. The van der Waals surface area contributed by atoms with Gasteiger partial charge in [-0.25, -0.2) is 13.1 Å². The van der Waals surface area contributed by atoms with Crippen molar-refractivity contribution in [3.63, 3.8) is 0 Å². The first kappa shape index (κ1) is 15.8. The van der Waals surface area contributed by atoms with Crippen LogP contribution in [0.15, 0.2) is 23.1 Å². The van der Waals surface area contributed by atoms with Crippen LogP contribution in [-0.2, 0) is 14.8 Å². The summed E-state index contributed by atoms with van der Waals surface area (Å²) in [5.74, 6) is 0. The Bertz CT molecular complexity index is 626. The minimum Gasteiger partial charge on any atom is -0.374 e. The third-order valence-corrected chi connectivity index (χ3v) is 4.82. The van der Waals surface area contributed by atoms with Crippen molar-refractivity contribution < 1.29 is 18.1 Å². The Morgan fingerprint density at radius 1 is 1.52 bits per heavy atom. The van der Waals surface area contributed by atoms with Gasteiger partial charge in [-0.15, -0.1) is 0 Å². The first-order valence-electron chi connectivity index (χ1n) is 6.48. The SMILES string of the molecule is Cc1c([N+](=O)[O-])cccc1S(=O)(=O)NCC1CNCCO1. The molecule has 1 heterocycles. The van der Waals surface area contributed by atoms with Gasteiger partial charge in [0.2, 0.25) is 10.0 Å². The van der Waals surface area contributed by atoms with E-state index in [9.17, 15) is 18.5 Å². The average molecular weight is 315 g/mol. The molecule has 8 nitrogen and oxygen atoms in total. The van der Waals surface area contributed by atoms with Crippen LogP contribution in [0, 0.1) is 17.0 Å². The molecule has 9 heteroatoms. The number of nitrogens with one attached hydrogen (secondary N) is 2. The van der Waals surface area contributed by atoms with Gasteiger partial charge in [-0.05, 0) is 13.0 Å². The second kappa shape index (κ2) is 6.48. The molecule has 21 heavy (non-hydrogen) atoms. The quantitative estimate of drug-likeness (QED) is 0.592. The number of rotatable bonds is 5. The summed E-state index contributed by atoms with van der Waals surface area (Å²) in [7, 11) is -3.81. The lowest BCUT2D eigenvalue weighted by Crippen LogP contribution is -2.45. The Morgan fingerprint density at radius 3 is 2.90 bits per heavy atom. The molecule has 1 aliphatic rings. The van der Waals surface area contributed by atoms with E-state index in [0.29, 0.717) is 13.2 Å². The molecular weight excluding hydrogens is 298 g/mol. The molecule has 0 bridgehead atoms. The Morgan fingerprint density at radius 2 is 2.29 bits per heavy atom. The largest absolute Gasteiger partial charge is 0.374 e. The monoisotopic (exact) mass is 315 g/mol. The molecule has 1 aromatic rings. The summed E-state index contributed by atoms with van der Waals surface area (Å²) in [5.41, 5.74) is -0.0915. The van der Waals surface area contributed by atoms with E-state index in [1.54, 1.807) is 0 Å². The van der Waals surface area contributed by atoms with E-state index in [-0.39, 0.29) is 28.8 Å². The van der Waals surface area contributed by atoms with Gasteiger partial charge in [0.15, 0.2) is 0 Å². The van der Waals surface area contributed by atoms with Gasteiger partial charge >= 0.3 is 0 Å². The number of benzene rings is 1. The van der Waals surface area contributed by atoms with Crippen LogP contribution in [0.25, 0.3) is 0 Å². The number of ether oxygens (including phenoxy) is 1. The molecule has 1 fully saturated rings. The van der Waals surface area contributed by atoms with Crippen LogP contribution < -0.4 is 10.0 Å². The highest BCUT2D eigenvalue weighted by atomic mass is 32.2. The highest BCUT2D eigenvalue weighted by Crippen LogP contribution is 2.24. The predicted octanol–water partition coefficient (Wildman–Crippen LogP) is 0.170. The summed E-state index contributed by atoms with van der Waals surface area (Å²) in [6.45, 7) is 3.38. The van der Waals surface area contributed by atoms with Crippen LogP contribution in [0.3, 0.4) is 0 Å². The summed E-state index contributed by atoms with van der Waals surface area (Å²) >= 11 is 0. The zero-order valence-corrected chi connectivity index (χ0v) is 12.4. The summed E-state index contributed by atoms with van der Waals surface area (Å²) in [5, 5.41) is 14.0. The molecule has 1 saturated heterocycles. The molecular formula is C12H17N3O5S. The van der Waals surface area contributed by atoms with Gasteiger partial charge in [-0.1, -0.05) is 6.07 Å². The van der Waals surface area contributed by atoms with Crippen molar-refractivity contribution >= 4 is 15.7 Å². The van der Waals surface area contributed by atoms with Crippen molar-refractivity contribution in [2.24, 2.45) is 0 Å². The number of nitrogens with zero attached hydrogens (tertiary/aromatic N) is 1. The fourth-order valence-electron chi connectivity index (χ4n) is 2.12. The molecule has 0 radical (unpaired) electrons. The third-order valence-electron chi connectivity index (χ3n) is 3.25. The topological polar surface area (TPSA) is 111 Å². The van der Waals surface area contributed by atoms with Gasteiger partial charge in [0, 0.05) is 31.3 Å². The van der Waals surface area contributed by atoms with Gasteiger partial charge in [0.25, 0.3) is 5.69 Å². The van der Waals surface area contributed by atoms with Crippen molar-refractivity contribution in [1.29, 1.82) is 0 Å². The number of nitro groups is 1. The Balaban J connectivity index is 2.15. The number of hydrogen-bond acceptors (Lipinski definition) is 6. The van der Waals surface area contributed by atoms with Crippen LogP contribution in [0.4, 0.5) is 5.69 Å². The Labute approximate surface area is 122 Å². The number of nitro benzene ring substituents is 1. The van der Waals surface area contributed by atoms with E-state index in [1.165, 1.54) is 25.1 Å². The van der Waals surface area contributed by atoms with Crippen LogP contribution >= 0.6 is 0 Å². The van der Waals surface area contributed by atoms with Crippen molar-refractivity contribution in [2.75, 3.05) is 26.2 Å². The Kier molecular flexibility index (Phi) is 4.88. The van der Waals surface area contributed by atoms with E-state index < -0.39 is 14.9 Å². The zero-order chi connectivity index (χ0) is 15.5. The molecule has 0 aliphatic carbocycles. The third kappa shape index (κ3) is 3.76. The normalized spacial score (nSPS) is 19.4. The molecule has 1 aliphatic heterocycles. The highest BCUT2D eigenvalue weighted by molar-refractivity contribution is 7.89. The summed E-state index contributed by atoms with van der Waals surface area (Å²) in [4.78, 5) is 10.2. The van der Waals surface area contributed by atoms with E-state index >= 15 is 0 Å². The van der Waals surface area contributed by atoms with Crippen molar-refractivity contribution in [2.45, 2.75) is 17.9 Å². The lowest BCUT2D eigenvalue weighted by Gasteiger charge is -2.23. The van der Waals surface area contributed by atoms with Crippen molar-refractivity contribution in [3.8, 4) is 0 Å². The van der Waals surface area contributed by atoms with E-state index in [2.05, 4.69) is 10.0 Å². The van der Waals surface area contributed by atoms with Gasteiger partial charge < -0.3 is 10.1 Å². The molecule has 1 unspecified atom stereocenters. The summed E-state index contributed by atoms with van der Waals surface area (Å²) in [6.07, 6.45) is -0.243. The molecule has 0 spiro atoms. The van der Waals surface area contributed by atoms with Crippen molar-refractivity contribution in [3.05, 3.63) is 33.9 Å². The van der Waals surface area contributed by atoms with Crippen LogP contribution in [0.1, 0.15) is 5.56 Å². The van der Waals surface area contributed by atoms with E-state index in [4.69, 9.17) is 4.74 Å². The Hall–Kier alpha value is -1.55. The minimum atomic E-state index is -3.81. The summed E-state index contributed by atoms with van der Waals surface area (Å²) in [6, 6.07) is 3.99. The lowest BCUT2D eigenvalue weighted by atomic mass is 10.2. The number of sulfonamides is 1. The second-order valence-electron chi connectivity index (χ2n) is 4.71. The highest BCUT2D eigenvalue weighted by Gasteiger charge is 2.24. The van der Waals surface area contributed by atoms with Gasteiger partial charge in [-0.2, -0.15) is 0 Å². The van der Waals surface area contributed by atoms with Crippen LogP contribution in [0.2, 0.25) is 0 Å². The molecule has 0 aromatic heterocycles. The predicted molar refractivity (Wildman–Crippen MR) is 75.6 cm³/mol. The fraction of sp³-hybridized carbons (Fsp3) is 0.500. The van der Waals surface area contributed by atoms with E-state index in [1.807, 2.05) is 0 Å². The smallest absolute Gasteiger partial charge is 0.273 e. The zero-order valence-electron chi connectivity index (χ0n) is 11.5. The van der Waals surface area contributed by atoms with Crippen LogP contribution in [-0.4, -0.2) is 45.7 Å². The maximum Gasteiger partial charge on any atom is 0.273 e. The molecule has 0 amide bonds. The summed E-state index contributed by atoms with van der Waals surface area (Å²) < 4.78 is 32.4. The molecule has 2 N–H and O–H groups in total. The maximum absolute atomic E-state index is 12.3. The van der Waals surface area contributed by atoms with Gasteiger partial charge in [0.05, 0.1) is 22.5 Å².